The molecule has 1 aromatic heterocycles. The van der Waals surface area contributed by atoms with E-state index < -0.39 is 0 Å². The summed E-state index contributed by atoms with van der Waals surface area (Å²) in [4.78, 5) is 30.3. The second kappa shape index (κ2) is 9.72. The number of aromatic nitrogens is 1. The van der Waals surface area contributed by atoms with Crippen LogP contribution in [-0.2, 0) is 24.2 Å². The normalized spacial score (nSPS) is 15.7. The molecule has 0 atom stereocenters. The number of nitrogens with two attached hydrogens (primary N) is 1. The first kappa shape index (κ1) is 23.8. The maximum atomic E-state index is 14.3. The molecule has 0 aliphatic heterocycles. The average molecular weight is 501 g/mol. The van der Waals surface area contributed by atoms with Gasteiger partial charge < -0.3 is 16.4 Å². The molecule has 3 aliphatic carbocycles. The van der Waals surface area contributed by atoms with E-state index in [-0.39, 0.29) is 11.7 Å². The number of pyridine rings is 1. The zero-order valence-electron chi connectivity index (χ0n) is 21.2. The van der Waals surface area contributed by atoms with Crippen LogP contribution in [0.1, 0.15) is 51.5 Å². The van der Waals surface area contributed by atoms with Crippen molar-refractivity contribution in [2.75, 3.05) is 10.6 Å². The Kier molecular flexibility index (Phi) is 6.10. The second-order valence-corrected chi connectivity index (χ2v) is 9.77. The maximum Gasteiger partial charge on any atom is 0.222 e. The summed E-state index contributed by atoms with van der Waals surface area (Å²) in [5.74, 6) is 0.230. The number of anilines is 2. The summed E-state index contributed by atoms with van der Waals surface area (Å²) < 4.78 is 0. The van der Waals surface area contributed by atoms with Crippen LogP contribution in [0.4, 0.5) is 11.5 Å². The van der Waals surface area contributed by atoms with E-state index >= 15 is 0 Å². The molecule has 3 aliphatic rings. The zero-order valence-corrected chi connectivity index (χ0v) is 21.2. The third kappa shape index (κ3) is 4.29. The number of amides is 1. The number of ketones is 1. The van der Waals surface area contributed by atoms with Gasteiger partial charge in [0.05, 0.1) is 5.70 Å². The second-order valence-electron chi connectivity index (χ2n) is 9.77. The van der Waals surface area contributed by atoms with E-state index in [1.165, 1.54) is 18.1 Å². The number of nitrogens with zero attached hydrogens (tertiary/aromatic N) is 1. The van der Waals surface area contributed by atoms with Crippen molar-refractivity contribution in [3.63, 3.8) is 0 Å². The van der Waals surface area contributed by atoms with Crippen LogP contribution >= 0.6 is 0 Å². The lowest BCUT2D eigenvalue weighted by Crippen LogP contribution is -2.24. The molecule has 6 nitrogen and oxygen atoms in total. The number of benzene rings is 2. The molecule has 38 heavy (non-hydrogen) atoms. The highest BCUT2D eigenvalue weighted by molar-refractivity contribution is 6.19. The van der Waals surface area contributed by atoms with Gasteiger partial charge in [-0.3, -0.25) is 9.59 Å². The Morgan fingerprint density at radius 2 is 1.92 bits per heavy atom. The van der Waals surface area contributed by atoms with Gasteiger partial charge in [-0.25, -0.2) is 4.98 Å². The Bertz CT molecular complexity index is 1610. The molecular formula is C32H28N4O2. The molecular weight excluding hydrogens is 472 g/mol. The number of nitrogens with one attached hydrogen (secondary N) is 2. The number of carbonyl (C=O) groups excluding carboxylic acids is 2. The number of Topliss-reactive ketones (excluding diaryl/α,β-unsaturated/α-hetero) is 1. The van der Waals surface area contributed by atoms with E-state index in [1.54, 1.807) is 6.20 Å². The zero-order chi connectivity index (χ0) is 26.2. The van der Waals surface area contributed by atoms with Gasteiger partial charge in [0.15, 0.2) is 0 Å². The molecule has 0 spiro atoms. The van der Waals surface area contributed by atoms with E-state index in [4.69, 9.17) is 5.73 Å². The van der Waals surface area contributed by atoms with Crippen LogP contribution < -0.4 is 16.4 Å². The van der Waals surface area contributed by atoms with Crippen LogP contribution in [-0.4, -0.2) is 16.7 Å². The molecule has 0 bridgehead atoms. The summed E-state index contributed by atoms with van der Waals surface area (Å²) in [5, 5.41) is 6.19. The van der Waals surface area contributed by atoms with Crippen molar-refractivity contribution in [3.05, 3.63) is 124 Å². The molecule has 1 heterocycles. The van der Waals surface area contributed by atoms with Gasteiger partial charge in [0.2, 0.25) is 11.7 Å². The predicted octanol–water partition coefficient (Wildman–Crippen LogP) is 5.59. The first-order chi connectivity index (χ1) is 18.5. The lowest BCUT2D eigenvalue weighted by molar-refractivity contribution is -0.114. The number of hydrogen-bond donors (Lipinski definition) is 3. The number of fused-ring (bicyclic) bond motifs is 5. The van der Waals surface area contributed by atoms with Crippen molar-refractivity contribution < 1.29 is 9.59 Å². The molecule has 3 aromatic rings. The van der Waals surface area contributed by atoms with Crippen LogP contribution in [0.15, 0.2) is 90.3 Å². The van der Waals surface area contributed by atoms with Gasteiger partial charge in [-0.2, -0.15) is 0 Å². The van der Waals surface area contributed by atoms with Crippen molar-refractivity contribution >= 4 is 34.3 Å². The standard InChI is InChI=1S/C32H28N4O2/c1-19(37)35-29-17-22(14-15-34-29)28-16-23-9-12-26-25-5-3-2-4-21(25)8-13-27(26)30(23)32(38)31(28)36-24-10-6-20(18-33)7-11-24/h2-3,5-12,14-15,17,36H,4,13,16,18,33H2,1H3,(H,34,35,37). The summed E-state index contributed by atoms with van der Waals surface area (Å²) in [7, 11) is 0. The number of allylic oxidation sites excluding steroid dienone is 8. The van der Waals surface area contributed by atoms with Gasteiger partial charge in [-0.15, -0.1) is 0 Å². The topological polar surface area (TPSA) is 97.1 Å². The van der Waals surface area contributed by atoms with Crippen molar-refractivity contribution in [2.24, 2.45) is 5.73 Å². The smallest absolute Gasteiger partial charge is 0.222 e. The SMILES string of the molecule is CC(=O)Nc1cc(C2=C(Nc3ccc(CN)cc3)C(=O)c3c(ccc4c3CC=C3CC=CC=C34)C2)ccn1. The fourth-order valence-electron chi connectivity index (χ4n) is 5.50. The summed E-state index contributed by atoms with van der Waals surface area (Å²) in [6, 6.07) is 15.8. The molecule has 6 heteroatoms. The van der Waals surface area contributed by atoms with Crippen molar-refractivity contribution in [1.82, 2.24) is 4.98 Å². The lowest BCUT2D eigenvalue weighted by atomic mass is 9.76. The molecule has 0 saturated carbocycles. The summed E-state index contributed by atoms with van der Waals surface area (Å²) >= 11 is 0. The minimum absolute atomic E-state index is 0.0253. The Hall–Kier alpha value is -4.55. The summed E-state index contributed by atoms with van der Waals surface area (Å²) in [6.07, 6.45) is 12.6. The Morgan fingerprint density at radius 3 is 2.71 bits per heavy atom. The number of hydrogen-bond acceptors (Lipinski definition) is 5. The largest absolute Gasteiger partial charge is 0.352 e. The molecule has 0 saturated heterocycles. The third-order valence-corrected chi connectivity index (χ3v) is 7.32. The third-order valence-electron chi connectivity index (χ3n) is 7.32. The van der Waals surface area contributed by atoms with Gasteiger partial charge in [0.1, 0.15) is 5.82 Å². The van der Waals surface area contributed by atoms with E-state index in [9.17, 15) is 9.59 Å². The van der Waals surface area contributed by atoms with Crippen molar-refractivity contribution in [3.8, 4) is 0 Å². The minimum atomic E-state index is -0.196. The minimum Gasteiger partial charge on any atom is -0.352 e. The van der Waals surface area contributed by atoms with E-state index in [0.29, 0.717) is 24.5 Å². The van der Waals surface area contributed by atoms with Crippen LogP contribution in [0.5, 0.6) is 0 Å². The highest BCUT2D eigenvalue weighted by Gasteiger charge is 2.32. The Labute approximate surface area is 221 Å². The van der Waals surface area contributed by atoms with Crippen LogP contribution in [0, 0.1) is 0 Å². The first-order valence-electron chi connectivity index (χ1n) is 12.8. The molecule has 2 aromatic carbocycles. The predicted molar refractivity (Wildman–Crippen MR) is 151 cm³/mol. The average Bonchev–Trinajstić information content (AvgIpc) is 2.94. The molecule has 188 valence electrons. The van der Waals surface area contributed by atoms with Gasteiger partial charge in [-0.05, 0) is 81.6 Å². The summed E-state index contributed by atoms with van der Waals surface area (Å²) in [6.45, 7) is 1.91. The van der Waals surface area contributed by atoms with Crippen LogP contribution in [0.2, 0.25) is 0 Å². The number of rotatable bonds is 5. The maximum absolute atomic E-state index is 14.3. The van der Waals surface area contributed by atoms with Gasteiger partial charge >= 0.3 is 0 Å². The highest BCUT2D eigenvalue weighted by atomic mass is 16.1. The fourth-order valence-corrected chi connectivity index (χ4v) is 5.50. The summed E-state index contributed by atoms with van der Waals surface area (Å²) in [5.41, 5.74) is 16.4. The van der Waals surface area contributed by atoms with E-state index in [0.717, 1.165) is 57.5 Å². The van der Waals surface area contributed by atoms with Crippen LogP contribution in [0.3, 0.4) is 0 Å². The number of carbonyl (C=O) groups is 2. The monoisotopic (exact) mass is 500 g/mol. The highest BCUT2D eigenvalue weighted by Crippen LogP contribution is 2.42. The molecule has 0 radical (unpaired) electrons. The molecule has 4 N–H and O–H groups in total. The van der Waals surface area contributed by atoms with Crippen molar-refractivity contribution in [2.45, 2.75) is 32.7 Å². The quantitative estimate of drug-likeness (QED) is 0.425. The van der Waals surface area contributed by atoms with Gasteiger partial charge in [-0.1, -0.05) is 48.6 Å². The fraction of sp³-hybridized carbons (Fsp3) is 0.156. The van der Waals surface area contributed by atoms with Gasteiger partial charge in [0.25, 0.3) is 0 Å². The first-order valence-corrected chi connectivity index (χ1v) is 12.8. The lowest BCUT2D eigenvalue weighted by Gasteiger charge is -2.29. The van der Waals surface area contributed by atoms with Crippen molar-refractivity contribution in [1.29, 1.82) is 0 Å². The van der Waals surface area contributed by atoms with Crippen LogP contribution in [0.25, 0.3) is 11.1 Å². The Balaban J connectivity index is 1.48. The van der Waals surface area contributed by atoms with E-state index in [1.807, 2.05) is 36.4 Å². The van der Waals surface area contributed by atoms with Gasteiger partial charge in [0, 0.05) is 37.3 Å². The Morgan fingerprint density at radius 1 is 1.08 bits per heavy atom. The molecule has 0 fully saturated rings. The van der Waals surface area contributed by atoms with E-state index in [2.05, 4.69) is 52.1 Å². The molecule has 0 unspecified atom stereocenters. The molecule has 6 rings (SSSR count). The molecule has 1 amide bonds.